The quantitative estimate of drug-likeness (QED) is 0.568. The molecular weight excluding hydrogens is 326 g/mol. The highest BCUT2D eigenvalue weighted by atomic mass is 16.5. The fourth-order valence-electron chi connectivity index (χ4n) is 2.79. The molecule has 0 saturated heterocycles. The van der Waals surface area contributed by atoms with Gasteiger partial charge in [0.2, 0.25) is 5.95 Å². The van der Waals surface area contributed by atoms with Gasteiger partial charge in [0.25, 0.3) is 0 Å². The van der Waals surface area contributed by atoms with E-state index in [9.17, 15) is 0 Å². The SMILES string of the molecule is CNc1ccc(Nc2nc3cccc(-c4ccc(OC)cc4)n3n2)cc1. The van der Waals surface area contributed by atoms with Crippen LogP contribution in [-0.2, 0) is 0 Å². The Morgan fingerprint density at radius 1 is 0.885 bits per heavy atom. The summed E-state index contributed by atoms with van der Waals surface area (Å²) in [6.45, 7) is 0. The standard InChI is InChI=1S/C20H19N5O/c1-21-15-8-10-16(11-9-15)22-20-23-19-5-3-4-18(25(19)24-20)14-6-12-17(26-2)13-7-14/h3-13,21H,1-2H3,(H,22,24). The average molecular weight is 345 g/mol. The van der Waals surface area contributed by atoms with Gasteiger partial charge in [-0.15, -0.1) is 5.10 Å². The first kappa shape index (κ1) is 16.0. The fraction of sp³-hybridized carbons (Fsp3) is 0.100. The lowest BCUT2D eigenvalue weighted by molar-refractivity contribution is 0.415. The third-order valence-electron chi connectivity index (χ3n) is 4.18. The van der Waals surface area contributed by atoms with Crippen molar-refractivity contribution in [1.29, 1.82) is 0 Å². The summed E-state index contributed by atoms with van der Waals surface area (Å²) in [6, 6.07) is 21.8. The number of pyridine rings is 1. The second-order valence-corrected chi connectivity index (χ2v) is 5.80. The number of rotatable bonds is 5. The summed E-state index contributed by atoms with van der Waals surface area (Å²) in [6.07, 6.45) is 0. The Labute approximate surface area is 151 Å². The van der Waals surface area contributed by atoms with Crippen molar-refractivity contribution >= 4 is 23.0 Å². The van der Waals surface area contributed by atoms with Crippen LogP contribution in [0.2, 0.25) is 0 Å². The van der Waals surface area contributed by atoms with Crippen molar-refractivity contribution in [3.05, 3.63) is 66.7 Å². The van der Waals surface area contributed by atoms with Crippen LogP contribution in [0.4, 0.5) is 17.3 Å². The summed E-state index contributed by atoms with van der Waals surface area (Å²) in [5, 5.41) is 11.0. The molecular formula is C20H19N5O. The lowest BCUT2D eigenvalue weighted by atomic mass is 10.1. The van der Waals surface area contributed by atoms with Gasteiger partial charge in [-0.2, -0.15) is 4.98 Å². The maximum absolute atomic E-state index is 5.23. The Balaban J connectivity index is 1.68. The molecule has 0 aliphatic carbocycles. The second kappa shape index (κ2) is 6.76. The van der Waals surface area contributed by atoms with E-state index in [1.54, 1.807) is 7.11 Å². The van der Waals surface area contributed by atoms with E-state index < -0.39 is 0 Å². The number of methoxy groups -OCH3 is 1. The molecule has 0 atom stereocenters. The van der Waals surface area contributed by atoms with Gasteiger partial charge >= 0.3 is 0 Å². The summed E-state index contributed by atoms with van der Waals surface area (Å²) in [7, 11) is 3.56. The number of benzene rings is 2. The molecule has 4 rings (SSSR count). The highest BCUT2D eigenvalue weighted by Crippen LogP contribution is 2.24. The summed E-state index contributed by atoms with van der Waals surface area (Å²) in [4.78, 5) is 4.57. The molecule has 0 amide bonds. The van der Waals surface area contributed by atoms with Crippen LogP contribution in [0.1, 0.15) is 0 Å². The van der Waals surface area contributed by atoms with E-state index in [2.05, 4.69) is 20.7 Å². The lowest BCUT2D eigenvalue weighted by Crippen LogP contribution is -1.96. The number of fused-ring (bicyclic) bond motifs is 1. The van der Waals surface area contributed by atoms with Crippen molar-refractivity contribution < 1.29 is 4.74 Å². The predicted molar refractivity (Wildman–Crippen MR) is 104 cm³/mol. The number of nitrogens with one attached hydrogen (secondary N) is 2. The van der Waals surface area contributed by atoms with Crippen LogP contribution < -0.4 is 15.4 Å². The topological polar surface area (TPSA) is 63.5 Å². The molecule has 2 N–H and O–H groups in total. The first-order chi connectivity index (χ1) is 12.8. The molecule has 6 heteroatoms. The van der Waals surface area contributed by atoms with Crippen LogP contribution in [0.25, 0.3) is 16.9 Å². The fourth-order valence-corrected chi connectivity index (χ4v) is 2.79. The summed E-state index contributed by atoms with van der Waals surface area (Å²) < 4.78 is 7.07. The van der Waals surface area contributed by atoms with Crippen molar-refractivity contribution in [3.63, 3.8) is 0 Å². The van der Waals surface area contributed by atoms with E-state index in [0.717, 1.165) is 34.0 Å². The minimum atomic E-state index is 0.558. The molecule has 130 valence electrons. The zero-order valence-electron chi connectivity index (χ0n) is 14.6. The van der Waals surface area contributed by atoms with Crippen LogP contribution in [0.5, 0.6) is 5.75 Å². The molecule has 6 nitrogen and oxygen atoms in total. The summed E-state index contributed by atoms with van der Waals surface area (Å²) in [5.74, 6) is 1.38. The van der Waals surface area contributed by atoms with Crippen LogP contribution in [0.15, 0.2) is 66.7 Å². The van der Waals surface area contributed by atoms with Gasteiger partial charge in [0, 0.05) is 24.0 Å². The molecule has 2 heterocycles. The number of anilines is 3. The van der Waals surface area contributed by atoms with Crippen LogP contribution in [0, 0.1) is 0 Å². The molecule has 0 saturated carbocycles. The number of ether oxygens (including phenoxy) is 1. The van der Waals surface area contributed by atoms with Crippen molar-refractivity contribution in [2.24, 2.45) is 0 Å². The third-order valence-corrected chi connectivity index (χ3v) is 4.18. The van der Waals surface area contributed by atoms with Crippen LogP contribution in [0.3, 0.4) is 0 Å². The number of nitrogens with zero attached hydrogens (tertiary/aromatic N) is 3. The highest BCUT2D eigenvalue weighted by molar-refractivity contribution is 5.65. The first-order valence-electron chi connectivity index (χ1n) is 8.32. The molecule has 2 aromatic carbocycles. The molecule has 0 bridgehead atoms. The van der Waals surface area contributed by atoms with E-state index in [1.165, 1.54) is 0 Å². The summed E-state index contributed by atoms with van der Waals surface area (Å²) >= 11 is 0. The minimum Gasteiger partial charge on any atom is -0.497 e. The Bertz CT molecular complexity index is 1020. The lowest BCUT2D eigenvalue weighted by Gasteiger charge is -2.05. The van der Waals surface area contributed by atoms with Gasteiger partial charge in [-0.1, -0.05) is 6.07 Å². The van der Waals surface area contributed by atoms with E-state index in [4.69, 9.17) is 4.74 Å². The molecule has 4 aromatic rings. The first-order valence-corrected chi connectivity index (χ1v) is 8.32. The van der Waals surface area contributed by atoms with Crippen LogP contribution >= 0.6 is 0 Å². The molecule has 0 unspecified atom stereocenters. The molecule has 0 aliphatic heterocycles. The molecule has 2 aromatic heterocycles. The molecule has 0 aliphatic rings. The van der Waals surface area contributed by atoms with E-state index >= 15 is 0 Å². The van der Waals surface area contributed by atoms with Gasteiger partial charge in [-0.25, -0.2) is 4.52 Å². The van der Waals surface area contributed by atoms with E-state index in [-0.39, 0.29) is 0 Å². The predicted octanol–water partition coefficient (Wildman–Crippen LogP) is 4.19. The third kappa shape index (κ3) is 3.04. The van der Waals surface area contributed by atoms with Gasteiger partial charge in [-0.05, 0) is 60.7 Å². The maximum Gasteiger partial charge on any atom is 0.247 e. The van der Waals surface area contributed by atoms with E-state index in [1.807, 2.05) is 78.3 Å². The number of hydrogen-bond donors (Lipinski definition) is 2. The van der Waals surface area contributed by atoms with Gasteiger partial charge in [0.15, 0.2) is 5.65 Å². The largest absolute Gasteiger partial charge is 0.497 e. The van der Waals surface area contributed by atoms with Crippen molar-refractivity contribution in [3.8, 4) is 17.0 Å². The molecule has 0 fully saturated rings. The van der Waals surface area contributed by atoms with Crippen molar-refractivity contribution in [2.75, 3.05) is 24.8 Å². The van der Waals surface area contributed by atoms with Crippen molar-refractivity contribution in [1.82, 2.24) is 14.6 Å². The Kier molecular flexibility index (Phi) is 4.15. The van der Waals surface area contributed by atoms with Gasteiger partial charge in [0.05, 0.1) is 12.8 Å². The Morgan fingerprint density at radius 3 is 2.31 bits per heavy atom. The number of hydrogen-bond acceptors (Lipinski definition) is 5. The molecule has 0 radical (unpaired) electrons. The van der Waals surface area contributed by atoms with Crippen LogP contribution in [-0.4, -0.2) is 28.8 Å². The average Bonchev–Trinajstić information content (AvgIpc) is 3.11. The second-order valence-electron chi connectivity index (χ2n) is 5.80. The Hall–Kier alpha value is -3.54. The zero-order valence-corrected chi connectivity index (χ0v) is 14.6. The summed E-state index contributed by atoms with van der Waals surface area (Å²) in [5.41, 5.74) is 4.79. The normalized spacial score (nSPS) is 10.7. The maximum atomic E-state index is 5.23. The van der Waals surface area contributed by atoms with Gasteiger partial charge < -0.3 is 15.4 Å². The zero-order chi connectivity index (χ0) is 17.9. The van der Waals surface area contributed by atoms with Crippen molar-refractivity contribution in [2.45, 2.75) is 0 Å². The smallest absolute Gasteiger partial charge is 0.247 e. The Morgan fingerprint density at radius 2 is 1.62 bits per heavy atom. The highest BCUT2D eigenvalue weighted by Gasteiger charge is 2.09. The van der Waals surface area contributed by atoms with Gasteiger partial charge in [0.1, 0.15) is 5.75 Å². The van der Waals surface area contributed by atoms with Gasteiger partial charge in [-0.3, -0.25) is 0 Å². The molecule has 26 heavy (non-hydrogen) atoms. The minimum absolute atomic E-state index is 0.558. The number of aromatic nitrogens is 3. The monoisotopic (exact) mass is 345 g/mol. The molecule has 0 spiro atoms. The van der Waals surface area contributed by atoms with E-state index in [0.29, 0.717) is 5.95 Å².